The van der Waals surface area contributed by atoms with Gasteiger partial charge in [-0.15, -0.1) is 0 Å². The summed E-state index contributed by atoms with van der Waals surface area (Å²) in [6, 6.07) is 1.97. The molecule has 0 aromatic carbocycles. The van der Waals surface area contributed by atoms with Gasteiger partial charge in [0.2, 0.25) is 5.91 Å². The van der Waals surface area contributed by atoms with Crippen LogP contribution >= 0.6 is 0 Å². The van der Waals surface area contributed by atoms with E-state index in [2.05, 4.69) is 15.0 Å². The van der Waals surface area contributed by atoms with E-state index in [1.165, 1.54) is 22.4 Å². The van der Waals surface area contributed by atoms with Crippen molar-refractivity contribution in [3.63, 3.8) is 0 Å². The first-order valence-corrected chi connectivity index (χ1v) is 9.13. The number of hydrogen-bond donors (Lipinski definition) is 0. The number of likely N-dealkylation sites (N-methyl/N-ethyl adjacent to an activating group) is 1. The SMILES string of the molecule is CN(C)C(=O)c1ccn(-c2ncc3c(n2)N(C2CCCC2)CC(=O)N3C)n1. The van der Waals surface area contributed by atoms with Crippen molar-refractivity contribution in [1.82, 2.24) is 24.6 Å². The molecule has 2 aromatic rings. The third-order valence-electron chi connectivity index (χ3n) is 5.24. The number of rotatable bonds is 3. The highest BCUT2D eigenvalue weighted by atomic mass is 16.2. The molecule has 0 unspecified atom stereocenters. The monoisotopic (exact) mass is 369 g/mol. The van der Waals surface area contributed by atoms with E-state index in [0.717, 1.165) is 18.7 Å². The molecule has 27 heavy (non-hydrogen) atoms. The summed E-state index contributed by atoms with van der Waals surface area (Å²) in [6.07, 6.45) is 7.82. The van der Waals surface area contributed by atoms with Gasteiger partial charge in [-0.1, -0.05) is 12.8 Å². The van der Waals surface area contributed by atoms with Crippen LogP contribution in [-0.4, -0.2) is 70.2 Å². The maximum Gasteiger partial charge on any atom is 0.273 e. The quantitative estimate of drug-likeness (QED) is 0.805. The summed E-state index contributed by atoms with van der Waals surface area (Å²) >= 11 is 0. The molecule has 9 heteroatoms. The highest BCUT2D eigenvalue weighted by Crippen LogP contribution is 2.36. The van der Waals surface area contributed by atoms with Crippen molar-refractivity contribution in [2.45, 2.75) is 31.7 Å². The van der Waals surface area contributed by atoms with Gasteiger partial charge in [-0.05, 0) is 18.9 Å². The number of carbonyl (C=O) groups excluding carboxylic acids is 2. The van der Waals surface area contributed by atoms with E-state index in [4.69, 9.17) is 4.98 Å². The molecule has 2 aromatic heterocycles. The standard InChI is InChI=1S/C18H23N7O2/c1-22(2)17(27)13-8-9-25(21-13)18-19-10-14-16(20-18)24(11-15(26)23(14)3)12-6-4-5-7-12/h8-10,12H,4-7,11H2,1-3H3. The smallest absolute Gasteiger partial charge is 0.273 e. The predicted molar refractivity (Wildman–Crippen MR) is 100 cm³/mol. The van der Waals surface area contributed by atoms with Crippen molar-refractivity contribution in [2.75, 3.05) is 37.5 Å². The van der Waals surface area contributed by atoms with E-state index >= 15 is 0 Å². The minimum absolute atomic E-state index is 0.0451. The Morgan fingerprint density at radius 2 is 2.00 bits per heavy atom. The Bertz CT molecular complexity index is 886. The summed E-state index contributed by atoms with van der Waals surface area (Å²) in [5.41, 5.74) is 1.04. The van der Waals surface area contributed by atoms with E-state index in [1.807, 2.05) is 0 Å². The maximum atomic E-state index is 12.4. The molecule has 3 heterocycles. The fourth-order valence-electron chi connectivity index (χ4n) is 3.67. The molecule has 0 saturated heterocycles. The average Bonchev–Trinajstić information content (AvgIpc) is 3.35. The zero-order valence-corrected chi connectivity index (χ0v) is 15.8. The van der Waals surface area contributed by atoms with Crippen LogP contribution in [0.1, 0.15) is 36.2 Å². The summed E-state index contributed by atoms with van der Waals surface area (Å²) in [5, 5.41) is 4.31. The van der Waals surface area contributed by atoms with Crippen molar-refractivity contribution in [3.05, 3.63) is 24.2 Å². The molecule has 1 aliphatic carbocycles. The highest BCUT2D eigenvalue weighted by molar-refractivity contribution is 6.02. The second kappa shape index (κ2) is 6.64. The molecule has 2 amide bonds. The average molecular weight is 369 g/mol. The van der Waals surface area contributed by atoms with E-state index < -0.39 is 0 Å². The van der Waals surface area contributed by atoms with Crippen LogP contribution in [0.2, 0.25) is 0 Å². The van der Waals surface area contributed by atoms with Gasteiger partial charge in [-0.2, -0.15) is 10.1 Å². The van der Waals surface area contributed by atoms with Gasteiger partial charge in [-0.3, -0.25) is 9.59 Å². The third-order valence-corrected chi connectivity index (χ3v) is 5.24. The maximum absolute atomic E-state index is 12.4. The Morgan fingerprint density at radius 1 is 1.26 bits per heavy atom. The number of nitrogens with zero attached hydrogens (tertiary/aromatic N) is 7. The minimum Gasteiger partial charge on any atom is -0.343 e. The number of aromatic nitrogens is 4. The molecular weight excluding hydrogens is 346 g/mol. The molecule has 9 nitrogen and oxygen atoms in total. The van der Waals surface area contributed by atoms with Crippen molar-refractivity contribution in [2.24, 2.45) is 0 Å². The lowest BCUT2D eigenvalue weighted by atomic mass is 10.1. The van der Waals surface area contributed by atoms with E-state index in [0.29, 0.717) is 29.9 Å². The highest BCUT2D eigenvalue weighted by Gasteiger charge is 2.34. The Hall–Kier alpha value is -2.97. The number of fused-ring (bicyclic) bond motifs is 1. The van der Waals surface area contributed by atoms with Crippen LogP contribution in [0.4, 0.5) is 11.5 Å². The van der Waals surface area contributed by atoms with Gasteiger partial charge in [0.15, 0.2) is 11.5 Å². The summed E-state index contributed by atoms with van der Waals surface area (Å²) < 4.78 is 1.50. The molecule has 142 valence electrons. The van der Waals surface area contributed by atoms with Crippen molar-refractivity contribution in [1.29, 1.82) is 0 Å². The summed E-state index contributed by atoms with van der Waals surface area (Å²) in [7, 11) is 5.12. The fraction of sp³-hybridized carbons (Fsp3) is 0.500. The largest absolute Gasteiger partial charge is 0.343 e. The fourth-order valence-corrected chi connectivity index (χ4v) is 3.67. The number of amides is 2. The molecule has 1 aliphatic heterocycles. The first kappa shape index (κ1) is 17.4. The van der Waals surface area contributed by atoms with E-state index in [9.17, 15) is 9.59 Å². The van der Waals surface area contributed by atoms with Gasteiger partial charge in [0.05, 0.1) is 12.7 Å². The Balaban J connectivity index is 1.72. The Kier molecular flexibility index (Phi) is 4.29. The lowest BCUT2D eigenvalue weighted by molar-refractivity contribution is -0.117. The first-order valence-electron chi connectivity index (χ1n) is 9.13. The van der Waals surface area contributed by atoms with E-state index in [-0.39, 0.29) is 11.8 Å². The Morgan fingerprint density at radius 3 is 2.70 bits per heavy atom. The van der Waals surface area contributed by atoms with Crippen LogP contribution in [-0.2, 0) is 4.79 Å². The van der Waals surface area contributed by atoms with Crippen molar-refractivity contribution in [3.8, 4) is 5.95 Å². The van der Waals surface area contributed by atoms with Gasteiger partial charge in [0.1, 0.15) is 5.69 Å². The minimum atomic E-state index is -0.176. The molecular formula is C18H23N7O2. The summed E-state index contributed by atoms with van der Waals surface area (Å²) in [5.74, 6) is 1.01. The van der Waals surface area contributed by atoms with Gasteiger partial charge >= 0.3 is 0 Å². The zero-order chi connectivity index (χ0) is 19.1. The van der Waals surface area contributed by atoms with Crippen LogP contribution in [0.3, 0.4) is 0 Å². The molecule has 0 bridgehead atoms. The third kappa shape index (κ3) is 3.02. The van der Waals surface area contributed by atoms with Crippen LogP contribution in [0.5, 0.6) is 0 Å². The Labute approximate surface area is 157 Å². The predicted octanol–water partition coefficient (Wildman–Crippen LogP) is 1.09. The molecule has 0 radical (unpaired) electrons. The van der Waals surface area contributed by atoms with Crippen LogP contribution in [0.15, 0.2) is 18.5 Å². The lowest BCUT2D eigenvalue weighted by Gasteiger charge is -2.37. The number of anilines is 2. The topological polar surface area (TPSA) is 87.5 Å². The normalized spacial score (nSPS) is 17.4. The molecule has 1 fully saturated rings. The molecule has 0 atom stereocenters. The molecule has 1 saturated carbocycles. The molecule has 2 aliphatic rings. The number of hydrogen-bond acceptors (Lipinski definition) is 6. The summed E-state index contributed by atoms with van der Waals surface area (Å²) in [4.78, 5) is 38.7. The van der Waals surface area contributed by atoms with Gasteiger partial charge in [-0.25, -0.2) is 9.67 Å². The molecule has 0 N–H and O–H groups in total. The number of carbonyl (C=O) groups is 2. The van der Waals surface area contributed by atoms with E-state index in [1.54, 1.807) is 44.5 Å². The van der Waals surface area contributed by atoms with Crippen molar-refractivity contribution < 1.29 is 9.59 Å². The van der Waals surface area contributed by atoms with Crippen LogP contribution in [0.25, 0.3) is 5.95 Å². The second-order valence-corrected chi connectivity index (χ2v) is 7.24. The summed E-state index contributed by atoms with van der Waals surface area (Å²) in [6.45, 7) is 0.327. The second-order valence-electron chi connectivity index (χ2n) is 7.24. The van der Waals surface area contributed by atoms with Gasteiger partial charge < -0.3 is 14.7 Å². The van der Waals surface area contributed by atoms with Crippen molar-refractivity contribution >= 4 is 23.3 Å². The molecule has 4 rings (SSSR count). The van der Waals surface area contributed by atoms with Crippen LogP contribution in [0, 0.1) is 0 Å². The zero-order valence-electron chi connectivity index (χ0n) is 15.8. The first-order chi connectivity index (χ1) is 13.0. The van der Waals surface area contributed by atoms with Crippen LogP contribution < -0.4 is 9.80 Å². The molecule has 0 spiro atoms. The lowest BCUT2D eigenvalue weighted by Crippen LogP contribution is -2.48. The van der Waals surface area contributed by atoms with Gasteiger partial charge in [0.25, 0.3) is 11.9 Å². The van der Waals surface area contributed by atoms with Gasteiger partial charge in [0, 0.05) is 33.4 Å².